The lowest BCUT2D eigenvalue weighted by Gasteiger charge is -2.20. The molecule has 0 saturated heterocycles. The van der Waals surface area contributed by atoms with Gasteiger partial charge in [-0.2, -0.15) is 0 Å². The zero-order valence-electron chi connectivity index (χ0n) is 12.7. The summed E-state index contributed by atoms with van der Waals surface area (Å²) in [5.41, 5.74) is 0.293. The van der Waals surface area contributed by atoms with Crippen LogP contribution in [0.15, 0.2) is 28.7 Å². The molecule has 21 heavy (non-hydrogen) atoms. The Balaban J connectivity index is 2.40. The number of carbonyl (C=O) groups is 2. The zero-order valence-corrected chi connectivity index (χ0v) is 14.3. The number of hydrogen-bond donors (Lipinski definition) is 2. The topological polar surface area (TPSA) is 67.4 Å². The van der Waals surface area contributed by atoms with Gasteiger partial charge in [-0.05, 0) is 52.0 Å². The summed E-state index contributed by atoms with van der Waals surface area (Å²) in [7, 11) is 0. The van der Waals surface area contributed by atoms with E-state index in [9.17, 15) is 9.59 Å². The summed E-state index contributed by atoms with van der Waals surface area (Å²) in [5, 5.41) is 5.40. The molecule has 1 atom stereocenters. The monoisotopic (exact) mass is 356 g/mol. The van der Waals surface area contributed by atoms with Gasteiger partial charge >= 0.3 is 6.09 Å². The first-order chi connectivity index (χ1) is 9.65. The second kappa shape index (κ2) is 7.45. The van der Waals surface area contributed by atoms with Crippen molar-refractivity contribution in [2.45, 2.75) is 45.8 Å². The van der Waals surface area contributed by atoms with E-state index in [1.807, 2.05) is 31.2 Å². The maximum absolute atomic E-state index is 11.7. The fourth-order valence-corrected chi connectivity index (χ4v) is 1.89. The molecule has 0 fully saturated rings. The van der Waals surface area contributed by atoms with Crippen LogP contribution in [0.3, 0.4) is 0 Å². The predicted octanol–water partition coefficient (Wildman–Crippen LogP) is 3.69. The molecule has 0 radical (unpaired) electrons. The van der Waals surface area contributed by atoms with Crippen LogP contribution in [-0.4, -0.2) is 23.6 Å². The standard InChI is InChI=1S/C15H21BrN2O3/c1-10(17-12-7-5-11(16)6-8-12)9-13(19)18-14(20)21-15(2,3)4/h5-8,10,17H,9H2,1-4H3,(H,18,19,20)/t10-/m0/s1. The summed E-state index contributed by atoms with van der Waals surface area (Å²) >= 11 is 3.36. The third-order valence-electron chi connectivity index (χ3n) is 2.39. The SMILES string of the molecule is C[C@@H](CC(=O)NC(=O)OC(C)(C)C)Nc1ccc(Br)cc1. The van der Waals surface area contributed by atoms with Crippen molar-refractivity contribution in [3.8, 4) is 0 Å². The number of hydrogen-bond acceptors (Lipinski definition) is 4. The van der Waals surface area contributed by atoms with Gasteiger partial charge in [0.15, 0.2) is 0 Å². The van der Waals surface area contributed by atoms with Crippen molar-refractivity contribution < 1.29 is 14.3 Å². The molecule has 0 aliphatic carbocycles. The van der Waals surface area contributed by atoms with Crippen molar-refractivity contribution in [1.82, 2.24) is 5.32 Å². The van der Waals surface area contributed by atoms with Crippen molar-refractivity contribution >= 4 is 33.6 Å². The van der Waals surface area contributed by atoms with Crippen LogP contribution in [0.4, 0.5) is 10.5 Å². The highest BCUT2D eigenvalue weighted by atomic mass is 79.9. The van der Waals surface area contributed by atoms with Gasteiger partial charge in [-0.15, -0.1) is 0 Å². The Bertz CT molecular complexity index is 495. The minimum atomic E-state index is -0.719. The highest BCUT2D eigenvalue weighted by Crippen LogP contribution is 2.15. The first kappa shape index (κ1) is 17.5. The number of alkyl carbamates (subject to hydrolysis) is 1. The third-order valence-corrected chi connectivity index (χ3v) is 2.92. The zero-order chi connectivity index (χ0) is 16.0. The van der Waals surface area contributed by atoms with E-state index in [1.54, 1.807) is 20.8 Å². The van der Waals surface area contributed by atoms with Gasteiger partial charge in [0.25, 0.3) is 0 Å². The molecule has 1 aromatic carbocycles. The Morgan fingerprint density at radius 3 is 2.33 bits per heavy atom. The Morgan fingerprint density at radius 1 is 1.24 bits per heavy atom. The third kappa shape index (κ3) is 7.70. The number of rotatable bonds is 4. The number of nitrogens with one attached hydrogen (secondary N) is 2. The Hall–Kier alpha value is -1.56. The summed E-state index contributed by atoms with van der Waals surface area (Å²) in [6, 6.07) is 7.54. The highest BCUT2D eigenvalue weighted by molar-refractivity contribution is 9.10. The van der Waals surface area contributed by atoms with E-state index in [4.69, 9.17) is 4.74 Å². The molecule has 0 unspecified atom stereocenters. The van der Waals surface area contributed by atoms with E-state index in [0.29, 0.717) is 0 Å². The van der Waals surface area contributed by atoms with Crippen LogP contribution >= 0.6 is 15.9 Å². The molecule has 1 aromatic rings. The molecule has 6 heteroatoms. The summed E-state index contributed by atoms with van der Waals surface area (Å²) in [6.45, 7) is 7.11. The van der Waals surface area contributed by atoms with Crippen LogP contribution in [0.25, 0.3) is 0 Å². The van der Waals surface area contributed by atoms with Crippen LogP contribution in [0, 0.1) is 0 Å². The number of anilines is 1. The molecular formula is C15H21BrN2O3. The van der Waals surface area contributed by atoms with Gasteiger partial charge in [-0.1, -0.05) is 15.9 Å². The lowest BCUT2D eigenvalue weighted by Crippen LogP contribution is -2.38. The van der Waals surface area contributed by atoms with E-state index in [2.05, 4.69) is 26.6 Å². The Labute approximate surface area is 133 Å². The van der Waals surface area contributed by atoms with Gasteiger partial charge < -0.3 is 10.1 Å². The summed E-state index contributed by atoms with van der Waals surface area (Å²) in [6.07, 6.45) is -0.543. The highest BCUT2D eigenvalue weighted by Gasteiger charge is 2.19. The number of benzene rings is 1. The van der Waals surface area contributed by atoms with Crippen LogP contribution in [0.1, 0.15) is 34.1 Å². The quantitative estimate of drug-likeness (QED) is 0.863. The van der Waals surface area contributed by atoms with Gasteiger partial charge in [0.05, 0.1) is 0 Å². The number of ether oxygens (including phenoxy) is 1. The second-order valence-electron chi connectivity index (χ2n) is 5.81. The predicted molar refractivity (Wildman–Crippen MR) is 86.2 cm³/mol. The molecule has 0 spiro atoms. The minimum Gasteiger partial charge on any atom is -0.444 e. The summed E-state index contributed by atoms with van der Waals surface area (Å²) in [5.74, 6) is -0.374. The molecule has 2 amide bonds. The maximum atomic E-state index is 11.7. The molecule has 0 aromatic heterocycles. The van der Waals surface area contributed by atoms with Gasteiger partial charge in [-0.25, -0.2) is 4.79 Å². The molecule has 0 aliphatic heterocycles. The van der Waals surface area contributed by atoms with E-state index in [0.717, 1.165) is 10.2 Å². The van der Waals surface area contributed by atoms with Crippen LogP contribution in [-0.2, 0) is 9.53 Å². The first-order valence-corrected chi connectivity index (χ1v) is 7.50. The molecule has 0 heterocycles. The van der Waals surface area contributed by atoms with E-state index in [-0.39, 0.29) is 18.4 Å². The fourth-order valence-electron chi connectivity index (χ4n) is 1.63. The fraction of sp³-hybridized carbons (Fsp3) is 0.467. The van der Waals surface area contributed by atoms with E-state index >= 15 is 0 Å². The first-order valence-electron chi connectivity index (χ1n) is 6.70. The van der Waals surface area contributed by atoms with Crippen molar-refractivity contribution in [1.29, 1.82) is 0 Å². The lowest BCUT2D eigenvalue weighted by molar-refractivity contribution is -0.120. The van der Waals surface area contributed by atoms with Gasteiger partial charge in [0, 0.05) is 22.6 Å². The largest absolute Gasteiger partial charge is 0.444 e. The Morgan fingerprint density at radius 2 is 1.81 bits per heavy atom. The molecule has 5 nitrogen and oxygen atoms in total. The van der Waals surface area contributed by atoms with Crippen molar-refractivity contribution in [3.05, 3.63) is 28.7 Å². The van der Waals surface area contributed by atoms with Gasteiger partial charge in [0.2, 0.25) is 5.91 Å². The summed E-state index contributed by atoms with van der Waals surface area (Å²) < 4.78 is 6.01. The van der Waals surface area contributed by atoms with Crippen LogP contribution in [0.2, 0.25) is 0 Å². The van der Waals surface area contributed by atoms with Gasteiger partial charge in [0.1, 0.15) is 5.60 Å². The number of imide groups is 1. The average Bonchev–Trinajstić information content (AvgIpc) is 2.28. The number of carbonyl (C=O) groups excluding carboxylic acids is 2. The molecule has 1 rings (SSSR count). The lowest BCUT2D eigenvalue weighted by atomic mass is 10.2. The minimum absolute atomic E-state index is 0.103. The normalized spacial score (nSPS) is 12.4. The molecule has 116 valence electrons. The molecule has 0 aliphatic rings. The number of halogens is 1. The van der Waals surface area contributed by atoms with E-state index < -0.39 is 11.7 Å². The van der Waals surface area contributed by atoms with Crippen molar-refractivity contribution in [3.63, 3.8) is 0 Å². The molecule has 0 saturated carbocycles. The molecule has 2 N–H and O–H groups in total. The van der Waals surface area contributed by atoms with Crippen LogP contribution < -0.4 is 10.6 Å². The number of amides is 2. The molecular weight excluding hydrogens is 336 g/mol. The van der Waals surface area contributed by atoms with E-state index in [1.165, 1.54) is 0 Å². The maximum Gasteiger partial charge on any atom is 0.414 e. The second-order valence-corrected chi connectivity index (χ2v) is 6.72. The average molecular weight is 357 g/mol. The van der Waals surface area contributed by atoms with Gasteiger partial charge in [-0.3, -0.25) is 10.1 Å². The van der Waals surface area contributed by atoms with Crippen LogP contribution in [0.5, 0.6) is 0 Å². The van der Waals surface area contributed by atoms with Crippen molar-refractivity contribution in [2.24, 2.45) is 0 Å². The van der Waals surface area contributed by atoms with Crippen molar-refractivity contribution in [2.75, 3.05) is 5.32 Å². The smallest absolute Gasteiger partial charge is 0.414 e. The molecule has 0 bridgehead atoms. The Kier molecular flexibility index (Phi) is 6.20. The summed E-state index contributed by atoms with van der Waals surface area (Å²) in [4.78, 5) is 23.2.